The highest BCUT2D eigenvalue weighted by Crippen LogP contribution is 2.28. The number of anilines is 1. The summed E-state index contributed by atoms with van der Waals surface area (Å²) < 4.78 is 13.5. The summed E-state index contributed by atoms with van der Waals surface area (Å²) in [4.78, 5) is 0. The van der Waals surface area contributed by atoms with E-state index >= 15 is 0 Å². The van der Waals surface area contributed by atoms with Gasteiger partial charge < -0.3 is 5.73 Å². The fraction of sp³-hybridized carbons (Fsp3) is 0.273. The van der Waals surface area contributed by atoms with Crippen molar-refractivity contribution in [1.82, 2.24) is 0 Å². The molecule has 0 spiro atoms. The molecule has 2 rings (SSSR count). The average Bonchev–Trinajstić information content (AvgIpc) is 2.19. The summed E-state index contributed by atoms with van der Waals surface area (Å²) >= 11 is 1.88. The number of thioether (sulfide) groups is 1. The van der Waals surface area contributed by atoms with Crippen LogP contribution in [0.2, 0.25) is 0 Å². The van der Waals surface area contributed by atoms with E-state index in [1.54, 1.807) is 12.1 Å². The zero-order chi connectivity index (χ0) is 9.97. The number of nitrogens with two attached hydrogens (primary N) is 1. The third-order valence-corrected chi connectivity index (χ3v) is 3.20. The summed E-state index contributed by atoms with van der Waals surface area (Å²) in [5.41, 5.74) is 7.80. The highest BCUT2D eigenvalue weighted by atomic mass is 32.2. The average molecular weight is 209 g/mol. The van der Waals surface area contributed by atoms with Crippen LogP contribution in [0.5, 0.6) is 0 Å². The molecule has 0 radical (unpaired) electrons. The van der Waals surface area contributed by atoms with Crippen molar-refractivity contribution in [3.05, 3.63) is 35.7 Å². The zero-order valence-electron chi connectivity index (χ0n) is 7.79. The van der Waals surface area contributed by atoms with Crippen LogP contribution in [-0.2, 0) is 0 Å². The minimum absolute atomic E-state index is 0.205. The fourth-order valence-electron chi connectivity index (χ4n) is 1.56. The van der Waals surface area contributed by atoms with E-state index in [2.05, 4.69) is 6.08 Å². The first-order valence-corrected chi connectivity index (χ1v) is 5.75. The Hall–Kier alpha value is -0.960. The Bertz CT molecular complexity index is 374. The van der Waals surface area contributed by atoms with Gasteiger partial charge in [0, 0.05) is 17.0 Å². The third kappa shape index (κ3) is 1.93. The first-order chi connectivity index (χ1) is 6.77. The first-order valence-electron chi connectivity index (χ1n) is 4.59. The summed E-state index contributed by atoms with van der Waals surface area (Å²) in [6.45, 7) is 0. The number of hydrogen-bond acceptors (Lipinski definition) is 2. The Labute approximate surface area is 87.2 Å². The van der Waals surface area contributed by atoms with Gasteiger partial charge in [0.15, 0.2) is 0 Å². The van der Waals surface area contributed by atoms with Crippen LogP contribution in [-0.4, -0.2) is 11.5 Å². The van der Waals surface area contributed by atoms with E-state index < -0.39 is 0 Å². The molecule has 0 aromatic heterocycles. The number of benzene rings is 1. The molecule has 0 bridgehead atoms. The predicted octanol–water partition coefficient (Wildman–Crippen LogP) is 2.93. The van der Waals surface area contributed by atoms with Gasteiger partial charge >= 0.3 is 0 Å². The molecule has 1 aliphatic heterocycles. The van der Waals surface area contributed by atoms with Crippen LogP contribution in [0, 0.1) is 5.82 Å². The fourth-order valence-corrected chi connectivity index (χ4v) is 2.41. The molecule has 0 atom stereocenters. The van der Waals surface area contributed by atoms with Gasteiger partial charge in [0.2, 0.25) is 0 Å². The molecule has 2 N–H and O–H groups in total. The second-order valence-electron chi connectivity index (χ2n) is 3.29. The van der Waals surface area contributed by atoms with Crippen molar-refractivity contribution >= 4 is 23.0 Å². The molecule has 1 aromatic carbocycles. The molecule has 0 unspecified atom stereocenters. The largest absolute Gasteiger partial charge is 0.399 e. The van der Waals surface area contributed by atoms with Gasteiger partial charge in [-0.3, -0.25) is 0 Å². The maximum absolute atomic E-state index is 13.5. The van der Waals surface area contributed by atoms with E-state index in [0.717, 1.165) is 23.5 Å². The first kappa shape index (κ1) is 9.59. The number of nitrogen functional groups attached to an aromatic ring is 1. The lowest BCUT2D eigenvalue weighted by Crippen LogP contribution is -1.98. The van der Waals surface area contributed by atoms with Gasteiger partial charge in [0.25, 0.3) is 0 Å². The van der Waals surface area contributed by atoms with Gasteiger partial charge in [0.05, 0.1) is 0 Å². The molecule has 14 heavy (non-hydrogen) atoms. The van der Waals surface area contributed by atoms with Crippen molar-refractivity contribution in [2.24, 2.45) is 0 Å². The topological polar surface area (TPSA) is 26.0 Å². The SMILES string of the molecule is Nc1ccc(C2=CCSCC2)c(F)c1. The van der Waals surface area contributed by atoms with Gasteiger partial charge in [-0.05, 0) is 35.9 Å². The molecule has 0 amide bonds. The monoisotopic (exact) mass is 209 g/mol. The van der Waals surface area contributed by atoms with Crippen molar-refractivity contribution in [2.75, 3.05) is 17.2 Å². The van der Waals surface area contributed by atoms with Gasteiger partial charge in [-0.25, -0.2) is 4.39 Å². The summed E-state index contributed by atoms with van der Waals surface area (Å²) in [7, 11) is 0. The van der Waals surface area contributed by atoms with Crippen molar-refractivity contribution in [2.45, 2.75) is 6.42 Å². The maximum atomic E-state index is 13.5. The lowest BCUT2D eigenvalue weighted by atomic mass is 10.0. The molecular formula is C11H12FNS. The summed E-state index contributed by atoms with van der Waals surface area (Å²) in [5, 5.41) is 0. The van der Waals surface area contributed by atoms with Gasteiger partial charge in [-0.15, -0.1) is 0 Å². The Morgan fingerprint density at radius 3 is 2.86 bits per heavy atom. The Morgan fingerprint density at radius 1 is 1.36 bits per heavy atom. The van der Waals surface area contributed by atoms with Crippen molar-refractivity contribution in [3.8, 4) is 0 Å². The van der Waals surface area contributed by atoms with Gasteiger partial charge in [-0.1, -0.05) is 6.08 Å². The maximum Gasteiger partial charge on any atom is 0.132 e. The van der Waals surface area contributed by atoms with Crippen LogP contribution in [0.15, 0.2) is 24.3 Å². The third-order valence-electron chi connectivity index (χ3n) is 2.30. The smallest absolute Gasteiger partial charge is 0.132 e. The minimum atomic E-state index is -0.205. The van der Waals surface area contributed by atoms with Crippen LogP contribution in [0.25, 0.3) is 5.57 Å². The lowest BCUT2D eigenvalue weighted by molar-refractivity contribution is 0.624. The zero-order valence-corrected chi connectivity index (χ0v) is 8.61. The highest BCUT2D eigenvalue weighted by molar-refractivity contribution is 7.99. The normalized spacial score (nSPS) is 16.5. The predicted molar refractivity (Wildman–Crippen MR) is 60.7 cm³/mol. The van der Waals surface area contributed by atoms with E-state index in [0.29, 0.717) is 11.3 Å². The summed E-state index contributed by atoms with van der Waals surface area (Å²) in [6, 6.07) is 4.91. The lowest BCUT2D eigenvalue weighted by Gasteiger charge is -2.13. The molecule has 1 aromatic rings. The Morgan fingerprint density at radius 2 is 2.21 bits per heavy atom. The number of hydrogen-bond donors (Lipinski definition) is 1. The van der Waals surface area contributed by atoms with E-state index in [1.807, 2.05) is 11.8 Å². The molecule has 1 nitrogen and oxygen atoms in total. The molecule has 3 heteroatoms. The van der Waals surface area contributed by atoms with Crippen molar-refractivity contribution in [1.29, 1.82) is 0 Å². The standard InChI is InChI=1S/C11H12FNS/c12-11-7-9(13)1-2-10(11)8-3-5-14-6-4-8/h1-3,7H,4-6,13H2. The van der Waals surface area contributed by atoms with Crippen LogP contribution < -0.4 is 5.73 Å². The molecular weight excluding hydrogens is 197 g/mol. The van der Waals surface area contributed by atoms with Crippen LogP contribution in [0.3, 0.4) is 0 Å². The van der Waals surface area contributed by atoms with Crippen LogP contribution in [0.4, 0.5) is 10.1 Å². The molecule has 0 saturated heterocycles. The quantitative estimate of drug-likeness (QED) is 0.720. The molecule has 0 saturated carbocycles. The molecule has 0 aliphatic carbocycles. The second kappa shape index (κ2) is 4.05. The van der Waals surface area contributed by atoms with Crippen LogP contribution >= 0.6 is 11.8 Å². The Balaban J connectivity index is 2.35. The highest BCUT2D eigenvalue weighted by Gasteiger charge is 2.10. The molecule has 1 heterocycles. The van der Waals surface area contributed by atoms with E-state index in [1.165, 1.54) is 6.07 Å². The van der Waals surface area contributed by atoms with Gasteiger partial charge in [0.1, 0.15) is 5.82 Å². The number of allylic oxidation sites excluding steroid dienone is 1. The molecule has 1 aliphatic rings. The van der Waals surface area contributed by atoms with E-state index in [4.69, 9.17) is 5.73 Å². The Kier molecular flexibility index (Phi) is 2.77. The number of rotatable bonds is 1. The summed E-state index contributed by atoms with van der Waals surface area (Å²) in [6.07, 6.45) is 3.05. The minimum Gasteiger partial charge on any atom is -0.399 e. The van der Waals surface area contributed by atoms with Crippen molar-refractivity contribution < 1.29 is 4.39 Å². The molecule has 0 fully saturated rings. The van der Waals surface area contributed by atoms with Crippen LogP contribution in [0.1, 0.15) is 12.0 Å². The second-order valence-corrected chi connectivity index (χ2v) is 4.44. The summed E-state index contributed by atoms with van der Waals surface area (Å²) in [5.74, 6) is 1.86. The number of halogens is 1. The van der Waals surface area contributed by atoms with E-state index in [9.17, 15) is 4.39 Å². The molecule has 74 valence electrons. The van der Waals surface area contributed by atoms with Gasteiger partial charge in [-0.2, -0.15) is 11.8 Å². The van der Waals surface area contributed by atoms with E-state index in [-0.39, 0.29) is 5.82 Å². The van der Waals surface area contributed by atoms with Crippen molar-refractivity contribution in [3.63, 3.8) is 0 Å².